The number of aromatic nitrogens is 3. The molecule has 1 saturated heterocycles. The van der Waals surface area contributed by atoms with Gasteiger partial charge in [0, 0.05) is 56.3 Å². The van der Waals surface area contributed by atoms with Gasteiger partial charge in [-0.25, -0.2) is 17.8 Å². The Balaban J connectivity index is 1.61. The molecule has 4 rings (SSSR count). The fraction of sp³-hybridized carbons (Fsp3) is 0.520. The van der Waals surface area contributed by atoms with Crippen LogP contribution in [0.3, 0.4) is 0 Å². The molecular weight excluding hydrogens is 469 g/mol. The molecule has 0 spiro atoms. The summed E-state index contributed by atoms with van der Waals surface area (Å²) in [5, 5.41) is 4.76. The van der Waals surface area contributed by atoms with Gasteiger partial charge < -0.3 is 9.64 Å². The highest BCUT2D eigenvalue weighted by Crippen LogP contribution is 2.35. The number of hydrogen-bond donors (Lipinski definition) is 0. The predicted molar refractivity (Wildman–Crippen MR) is 136 cm³/mol. The summed E-state index contributed by atoms with van der Waals surface area (Å²) in [7, 11) is -1.56. The van der Waals surface area contributed by atoms with E-state index in [2.05, 4.69) is 23.8 Å². The Bertz CT molecular complexity index is 1300. The third-order valence-electron chi connectivity index (χ3n) is 6.85. The van der Waals surface area contributed by atoms with Crippen molar-refractivity contribution in [1.82, 2.24) is 24.0 Å². The first-order valence-electron chi connectivity index (χ1n) is 12.0. The molecule has 0 saturated carbocycles. The largest absolute Gasteiger partial charge is 0.481 e. The van der Waals surface area contributed by atoms with E-state index >= 15 is 0 Å². The number of aryl methyl sites for hydroxylation is 1. The van der Waals surface area contributed by atoms with Crippen LogP contribution in [-0.4, -0.2) is 78.5 Å². The molecule has 3 aromatic rings. The molecule has 0 amide bonds. The van der Waals surface area contributed by atoms with Crippen molar-refractivity contribution >= 4 is 20.9 Å². The summed E-state index contributed by atoms with van der Waals surface area (Å²) in [6, 6.07) is 7.35. The smallest absolute Gasteiger partial charge is 0.217 e. The molecule has 35 heavy (non-hydrogen) atoms. The van der Waals surface area contributed by atoms with E-state index in [1.807, 2.05) is 25.1 Å². The zero-order chi connectivity index (χ0) is 25.3. The molecule has 10 heteroatoms. The Morgan fingerprint density at radius 1 is 1.14 bits per heavy atom. The Kier molecular flexibility index (Phi) is 7.44. The maximum Gasteiger partial charge on any atom is 0.217 e. The lowest BCUT2D eigenvalue weighted by molar-refractivity contribution is 0.169. The first kappa shape index (κ1) is 25.5. The second kappa shape index (κ2) is 10.2. The number of methoxy groups -OCH3 is 1. The molecule has 0 bridgehead atoms. The highest BCUT2D eigenvalue weighted by molar-refractivity contribution is 7.88. The molecular formula is C25H34FN5O3S. The zero-order valence-electron chi connectivity index (χ0n) is 21.0. The summed E-state index contributed by atoms with van der Waals surface area (Å²) in [5.74, 6) is 0.671. The highest BCUT2D eigenvalue weighted by Gasteiger charge is 2.28. The van der Waals surface area contributed by atoms with Crippen molar-refractivity contribution in [2.75, 3.05) is 46.1 Å². The number of sulfonamides is 1. The quantitative estimate of drug-likeness (QED) is 0.468. The standard InChI is InChI=1S/C25H34FN5O3S/c1-6-31-24-14-18(13-22(26)20(24)15-27-31)23-8-7-19(25(28-23)34-4)21(17(2)3)16-29-9-11-30(12-10-29)35(5,32)33/h7-8,13-15,17,21H,6,9-12,16H2,1-5H3. The maximum absolute atomic E-state index is 14.8. The molecule has 1 fully saturated rings. The van der Waals surface area contributed by atoms with Gasteiger partial charge in [0.25, 0.3) is 0 Å². The van der Waals surface area contributed by atoms with Gasteiger partial charge in [0.15, 0.2) is 0 Å². The average Bonchev–Trinajstić information content (AvgIpc) is 3.25. The Hall–Kier alpha value is -2.56. The lowest BCUT2D eigenvalue weighted by atomic mass is 9.88. The highest BCUT2D eigenvalue weighted by atomic mass is 32.2. The van der Waals surface area contributed by atoms with E-state index in [9.17, 15) is 12.8 Å². The zero-order valence-corrected chi connectivity index (χ0v) is 21.8. The van der Waals surface area contributed by atoms with E-state index in [-0.39, 0.29) is 11.7 Å². The Labute approximate surface area is 206 Å². The van der Waals surface area contributed by atoms with Crippen LogP contribution in [0, 0.1) is 11.7 Å². The molecule has 0 N–H and O–H groups in total. The van der Waals surface area contributed by atoms with Gasteiger partial charge in [-0.15, -0.1) is 0 Å². The van der Waals surface area contributed by atoms with Gasteiger partial charge in [-0.05, 0) is 31.0 Å². The molecule has 8 nitrogen and oxygen atoms in total. The first-order chi connectivity index (χ1) is 16.6. The molecule has 1 aromatic carbocycles. The monoisotopic (exact) mass is 503 g/mol. The third kappa shape index (κ3) is 5.34. The molecule has 0 radical (unpaired) electrons. The average molecular weight is 504 g/mol. The van der Waals surface area contributed by atoms with E-state index in [0.29, 0.717) is 61.2 Å². The van der Waals surface area contributed by atoms with Crippen molar-refractivity contribution < 1.29 is 17.5 Å². The van der Waals surface area contributed by atoms with E-state index < -0.39 is 10.0 Å². The van der Waals surface area contributed by atoms with Crippen molar-refractivity contribution in [3.05, 3.63) is 41.8 Å². The van der Waals surface area contributed by atoms with Crippen molar-refractivity contribution in [3.8, 4) is 17.1 Å². The number of nitrogens with zero attached hydrogens (tertiary/aromatic N) is 5. The fourth-order valence-electron chi connectivity index (χ4n) is 4.78. The maximum atomic E-state index is 14.8. The Morgan fingerprint density at radius 2 is 1.86 bits per heavy atom. The summed E-state index contributed by atoms with van der Waals surface area (Å²) in [5.41, 5.74) is 3.05. The minimum atomic E-state index is -3.16. The van der Waals surface area contributed by atoms with Crippen LogP contribution in [0.25, 0.3) is 22.2 Å². The lowest BCUT2D eigenvalue weighted by Gasteiger charge is -2.36. The van der Waals surface area contributed by atoms with E-state index in [1.165, 1.54) is 16.6 Å². The minimum Gasteiger partial charge on any atom is -0.481 e. The number of fused-ring (bicyclic) bond motifs is 1. The second-order valence-corrected chi connectivity index (χ2v) is 11.4. The molecule has 190 valence electrons. The fourth-order valence-corrected chi connectivity index (χ4v) is 5.61. The summed E-state index contributed by atoms with van der Waals surface area (Å²) in [6.07, 6.45) is 2.81. The summed E-state index contributed by atoms with van der Waals surface area (Å²) < 4.78 is 47.5. The van der Waals surface area contributed by atoms with Crippen molar-refractivity contribution in [2.45, 2.75) is 33.2 Å². The minimum absolute atomic E-state index is 0.150. The van der Waals surface area contributed by atoms with Crippen LogP contribution in [0.15, 0.2) is 30.5 Å². The van der Waals surface area contributed by atoms with Crippen LogP contribution in [-0.2, 0) is 16.6 Å². The van der Waals surface area contributed by atoms with E-state index in [4.69, 9.17) is 9.72 Å². The van der Waals surface area contributed by atoms with Gasteiger partial charge in [0.1, 0.15) is 5.82 Å². The van der Waals surface area contributed by atoms with Crippen LogP contribution >= 0.6 is 0 Å². The summed E-state index contributed by atoms with van der Waals surface area (Å²) in [6.45, 7) is 10.1. The van der Waals surface area contributed by atoms with Gasteiger partial charge in [-0.3, -0.25) is 4.68 Å². The molecule has 0 aliphatic carbocycles. The predicted octanol–water partition coefficient (Wildman–Crippen LogP) is 3.58. The number of ether oxygens (including phenoxy) is 1. The van der Waals surface area contributed by atoms with E-state index in [1.54, 1.807) is 18.0 Å². The van der Waals surface area contributed by atoms with Gasteiger partial charge in [0.2, 0.25) is 15.9 Å². The van der Waals surface area contributed by atoms with Crippen molar-refractivity contribution in [2.24, 2.45) is 5.92 Å². The van der Waals surface area contributed by atoms with Crippen LogP contribution in [0.5, 0.6) is 5.88 Å². The number of halogens is 1. The number of benzene rings is 1. The van der Waals surface area contributed by atoms with Crippen LogP contribution in [0.1, 0.15) is 32.3 Å². The van der Waals surface area contributed by atoms with Crippen LogP contribution < -0.4 is 4.74 Å². The Morgan fingerprint density at radius 3 is 2.46 bits per heavy atom. The van der Waals surface area contributed by atoms with Gasteiger partial charge in [0.05, 0.1) is 36.2 Å². The number of rotatable bonds is 8. The lowest BCUT2D eigenvalue weighted by Crippen LogP contribution is -2.49. The third-order valence-corrected chi connectivity index (χ3v) is 8.15. The van der Waals surface area contributed by atoms with Crippen LogP contribution in [0.2, 0.25) is 0 Å². The normalized spacial score (nSPS) is 16.8. The second-order valence-electron chi connectivity index (χ2n) is 9.46. The number of hydrogen-bond acceptors (Lipinski definition) is 6. The summed E-state index contributed by atoms with van der Waals surface area (Å²) >= 11 is 0. The first-order valence-corrected chi connectivity index (χ1v) is 13.8. The summed E-state index contributed by atoms with van der Waals surface area (Å²) in [4.78, 5) is 7.07. The number of pyridine rings is 1. The molecule has 3 heterocycles. The van der Waals surface area contributed by atoms with Crippen molar-refractivity contribution in [1.29, 1.82) is 0 Å². The molecule has 1 unspecified atom stereocenters. The number of piperazine rings is 1. The SMILES string of the molecule is CCn1ncc2c(F)cc(-c3ccc(C(CN4CCN(S(C)(=O)=O)CC4)C(C)C)c(OC)n3)cc21. The molecule has 1 aliphatic heterocycles. The van der Waals surface area contributed by atoms with Gasteiger partial charge in [-0.1, -0.05) is 19.9 Å². The van der Waals surface area contributed by atoms with Gasteiger partial charge in [-0.2, -0.15) is 9.40 Å². The van der Waals surface area contributed by atoms with Crippen molar-refractivity contribution in [3.63, 3.8) is 0 Å². The molecule has 2 aromatic heterocycles. The van der Waals surface area contributed by atoms with Crippen LogP contribution in [0.4, 0.5) is 4.39 Å². The van der Waals surface area contributed by atoms with Gasteiger partial charge >= 0.3 is 0 Å². The molecule has 1 aliphatic rings. The molecule has 1 atom stereocenters. The topological polar surface area (TPSA) is 80.6 Å². The van der Waals surface area contributed by atoms with E-state index in [0.717, 1.165) is 17.6 Å².